The van der Waals surface area contributed by atoms with Gasteiger partial charge in [0.1, 0.15) is 5.82 Å². The van der Waals surface area contributed by atoms with E-state index in [0.717, 1.165) is 37.3 Å². The Hall–Kier alpha value is -1.53. The normalized spacial score (nSPS) is 16.0. The van der Waals surface area contributed by atoms with Gasteiger partial charge in [-0.3, -0.25) is 4.79 Å². The Labute approximate surface area is 119 Å². The van der Waals surface area contributed by atoms with Crippen LogP contribution in [0.15, 0.2) is 12.4 Å². The second-order valence-electron chi connectivity index (χ2n) is 5.43. The minimum absolute atomic E-state index is 0.153. The van der Waals surface area contributed by atoms with Crippen molar-refractivity contribution in [3.05, 3.63) is 23.8 Å². The number of nitrogens with zero attached hydrogens (tertiary/aromatic N) is 3. The maximum Gasteiger partial charge on any atom is 0.290 e. The molecule has 1 aliphatic rings. The van der Waals surface area contributed by atoms with Crippen LogP contribution in [0, 0.1) is 12.3 Å². The van der Waals surface area contributed by atoms with Crippen molar-refractivity contribution in [2.75, 3.05) is 20.2 Å². The highest BCUT2D eigenvalue weighted by atomic mass is 16.3. The molecule has 0 bridgehead atoms. The lowest BCUT2D eigenvalue weighted by Crippen LogP contribution is -2.43. The molecule has 0 aromatic carbocycles. The number of rotatable bonds is 5. The molecule has 20 heavy (non-hydrogen) atoms. The van der Waals surface area contributed by atoms with Gasteiger partial charge in [0.25, 0.3) is 6.47 Å². The predicted octanol–water partition coefficient (Wildman–Crippen LogP) is 1.08. The molecular weight excluding hydrogens is 258 g/mol. The average molecular weight is 281 g/mol. The van der Waals surface area contributed by atoms with Crippen molar-refractivity contribution in [3.8, 4) is 0 Å². The van der Waals surface area contributed by atoms with E-state index in [0.29, 0.717) is 6.61 Å². The molecule has 1 aromatic rings. The average Bonchev–Trinajstić information content (AvgIpc) is 2.38. The molecule has 0 unspecified atom stereocenters. The van der Waals surface area contributed by atoms with Gasteiger partial charge in [0, 0.05) is 43.1 Å². The number of carboxylic acid groups (broad SMARTS) is 1. The zero-order chi connectivity index (χ0) is 15.0. The molecule has 0 spiro atoms. The number of aromatic nitrogens is 2. The molecule has 6 heteroatoms. The Balaban J connectivity index is 0.000000612. The third kappa shape index (κ3) is 4.86. The fraction of sp³-hybridized carbons (Fsp3) is 0.643. The molecule has 2 rings (SSSR count). The van der Waals surface area contributed by atoms with Crippen molar-refractivity contribution < 1.29 is 15.0 Å². The molecule has 0 radical (unpaired) electrons. The lowest BCUT2D eigenvalue weighted by atomic mass is 9.69. The van der Waals surface area contributed by atoms with Crippen molar-refractivity contribution in [2.45, 2.75) is 32.7 Å². The molecule has 112 valence electrons. The molecule has 0 amide bonds. The first-order valence-corrected chi connectivity index (χ1v) is 6.70. The first-order valence-electron chi connectivity index (χ1n) is 6.70. The second-order valence-corrected chi connectivity index (χ2v) is 5.43. The second kappa shape index (κ2) is 7.91. The fourth-order valence-electron chi connectivity index (χ4n) is 2.48. The number of aliphatic hydroxyl groups excluding tert-OH is 1. The number of carbonyl (C=O) groups is 1. The van der Waals surface area contributed by atoms with Crippen molar-refractivity contribution >= 4 is 6.47 Å². The van der Waals surface area contributed by atoms with E-state index in [9.17, 15) is 5.11 Å². The number of hydrogen-bond acceptors (Lipinski definition) is 5. The van der Waals surface area contributed by atoms with Crippen molar-refractivity contribution in [2.24, 2.45) is 5.41 Å². The van der Waals surface area contributed by atoms with E-state index in [1.165, 1.54) is 6.42 Å². The van der Waals surface area contributed by atoms with Gasteiger partial charge in [0.15, 0.2) is 0 Å². The van der Waals surface area contributed by atoms with E-state index in [1.54, 1.807) is 0 Å². The van der Waals surface area contributed by atoms with Gasteiger partial charge in [-0.05, 0) is 26.8 Å². The lowest BCUT2D eigenvalue weighted by molar-refractivity contribution is -0.122. The van der Waals surface area contributed by atoms with Gasteiger partial charge >= 0.3 is 0 Å². The summed E-state index contributed by atoms with van der Waals surface area (Å²) in [6.07, 6.45) is 7.31. The van der Waals surface area contributed by atoms with E-state index in [4.69, 9.17) is 9.90 Å². The summed E-state index contributed by atoms with van der Waals surface area (Å²) in [6, 6.07) is 0. The van der Waals surface area contributed by atoms with Crippen LogP contribution < -0.4 is 0 Å². The molecule has 6 nitrogen and oxygen atoms in total. The van der Waals surface area contributed by atoms with Crippen LogP contribution >= 0.6 is 0 Å². The molecule has 0 atom stereocenters. The van der Waals surface area contributed by atoms with Gasteiger partial charge < -0.3 is 15.1 Å². The molecule has 1 aliphatic carbocycles. The van der Waals surface area contributed by atoms with E-state index in [-0.39, 0.29) is 11.9 Å². The smallest absolute Gasteiger partial charge is 0.290 e. The molecule has 1 fully saturated rings. The van der Waals surface area contributed by atoms with Gasteiger partial charge in [-0.25, -0.2) is 9.97 Å². The topological polar surface area (TPSA) is 86.5 Å². The molecule has 1 aromatic heterocycles. The maximum atomic E-state index is 9.44. The minimum Gasteiger partial charge on any atom is -0.483 e. The fourth-order valence-corrected chi connectivity index (χ4v) is 2.48. The van der Waals surface area contributed by atoms with Gasteiger partial charge in [-0.1, -0.05) is 6.42 Å². The molecule has 0 saturated heterocycles. The zero-order valence-corrected chi connectivity index (χ0v) is 12.1. The first kappa shape index (κ1) is 16.5. The van der Waals surface area contributed by atoms with Crippen LogP contribution in [0.4, 0.5) is 0 Å². The summed E-state index contributed by atoms with van der Waals surface area (Å²) in [4.78, 5) is 19.0. The maximum absolute atomic E-state index is 9.44. The van der Waals surface area contributed by atoms with Gasteiger partial charge in [0.05, 0.1) is 0 Å². The first-order chi connectivity index (χ1) is 9.55. The van der Waals surface area contributed by atoms with Crippen molar-refractivity contribution in [1.82, 2.24) is 14.9 Å². The summed E-state index contributed by atoms with van der Waals surface area (Å²) in [5.41, 5.74) is 1.28. The van der Waals surface area contributed by atoms with Crippen LogP contribution in [0.2, 0.25) is 0 Å². The quantitative estimate of drug-likeness (QED) is 0.785. The predicted molar refractivity (Wildman–Crippen MR) is 75.2 cm³/mol. The Morgan fingerprint density at radius 1 is 1.40 bits per heavy atom. The summed E-state index contributed by atoms with van der Waals surface area (Å²) < 4.78 is 0. The lowest BCUT2D eigenvalue weighted by Gasteiger charge is -2.43. The number of hydrogen-bond donors (Lipinski definition) is 2. The Morgan fingerprint density at radius 3 is 2.35 bits per heavy atom. The summed E-state index contributed by atoms with van der Waals surface area (Å²) in [5.74, 6) is 0.808. The van der Waals surface area contributed by atoms with Crippen LogP contribution in [0.5, 0.6) is 0 Å². The van der Waals surface area contributed by atoms with Crippen LogP contribution in [0.1, 0.15) is 30.7 Å². The highest BCUT2D eigenvalue weighted by Gasteiger charge is 2.37. The minimum atomic E-state index is -0.250. The monoisotopic (exact) mass is 281 g/mol. The zero-order valence-electron chi connectivity index (χ0n) is 12.1. The highest BCUT2D eigenvalue weighted by Crippen LogP contribution is 2.40. The number of aryl methyl sites for hydroxylation is 1. The van der Waals surface area contributed by atoms with Crippen LogP contribution in [0.3, 0.4) is 0 Å². The third-order valence-electron chi connectivity index (χ3n) is 3.64. The summed E-state index contributed by atoms with van der Waals surface area (Å²) in [6.45, 7) is 3.75. The highest BCUT2D eigenvalue weighted by molar-refractivity contribution is 5.32. The van der Waals surface area contributed by atoms with Gasteiger partial charge in [-0.15, -0.1) is 0 Å². The Bertz CT molecular complexity index is 399. The van der Waals surface area contributed by atoms with Crippen LogP contribution in [-0.2, 0) is 11.3 Å². The van der Waals surface area contributed by atoms with Gasteiger partial charge in [-0.2, -0.15) is 0 Å². The van der Waals surface area contributed by atoms with E-state index >= 15 is 0 Å². The summed E-state index contributed by atoms with van der Waals surface area (Å²) in [5, 5.41) is 16.3. The summed E-state index contributed by atoms with van der Waals surface area (Å²) in [7, 11) is 2.09. The molecule has 2 N–H and O–H groups in total. The third-order valence-corrected chi connectivity index (χ3v) is 3.64. The SMILES string of the molecule is Cc1ncc(CN(C)CC2(CO)CCC2)cn1.O=CO. The van der Waals surface area contributed by atoms with Gasteiger partial charge in [0.2, 0.25) is 0 Å². The number of aliphatic hydroxyl groups is 1. The molecule has 0 aliphatic heterocycles. The van der Waals surface area contributed by atoms with Crippen molar-refractivity contribution in [3.63, 3.8) is 0 Å². The van der Waals surface area contributed by atoms with E-state index in [2.05, 4.69) is 21.9 Å². The standard InChI is InChI=1S/C13H21N3O.CH2O2/c1-11-14-6-12(7-15-11)8-16(2)9-13(10-17)4-3-5-13;2-1-3/h6-7,17H,3-5,8-10H2,1-2H3;1H,(H,2,3). The Morgan fingerprint density at radius 2 is 1.95 bits per heavy atom. The van der Waals surface area contributed by atoms with Crippen LogP contribution in [0.25, 0.3) is 0 Å². The van der Waals surface area contributed by atoms with Crippen molar-refractivity contribution in [1.29, 1.82) is 0 Å². The largest absolute Gasteiger partial charge is 0.483 e. The van der Waals surface area contributed by atoms with E-state index < -0.39 is 0 Å². The van der Waals surface area contributed by atoms with E-state index in [1.807, 2.05) is 19.3 Å². The molecule has 1 heterocycles. The summed E-state index contributed by atoms with van der Waals surface area (Å²) >= 11 is 0. The molecule has 1 saturated carbocycles. The van der Waals surface area contributed by atoms with Crippen LogP contribution in [-0.4, -0.2) is 51.8 Å². The Kier molecular flexibility index (Phi) is 6.54. The molecular formula is C14H23N3O3.